The number of furan rings is 1. The van der Waals surface area contributed by atoms with Crippen LogP contribution in [0.15, 0.2) is 42.4 Å². The summed E-state index contributed by atoms with van der Waals surface area (Å²) in [5, 5.41) is 0. The zero-order valence-corrected chi connectivity index (χ0v) is 13.6. The van der Waals surface area contributed by atoms with Gasteiger partial charge in [0.05, 0.1) is 8.95 Å². The number of rotatable bonds is 1. The minimum Gasteiger partial charge on any atom is -0.446 e. The zero-order chi connectivity index (χ0) is 12.9. The van der Waals surface area contributed by atoms with Crippen LogP contribution in [-0.4, -0.2) is 9.38 Å². The van der Waals surface area contributed by atoms with Crippen molar-refractivity contribution in [2.75, 3.05) is 5.73 Å². The van der Waals surface area contributed by atoms with E-state index in [4.69, 9.17) is 10.2 Å². The molecule has 0 spiro atoms. The molecule has 92 valence electrons. The Morgan fingerprint density at radius 1 is 1.22 bits per heavy atom. The Hall–Kier alpha value is -0.790. The van der Waals surface area contributed by atoms with Crippen LogP contribution in [0, 0.1) is 0 Å². The van der Waals surface area contributed by atoms with Crippen LogP contribution in [0.2, 0.25) is 0 Å². The fourth-order valence-corrected chi connectivity index (χ4v) is 2.71. The van der Waals surface area contributed by atoms with Crippen LogP contribution in [0.4, 0.5) is 5.82 Å². The van der Waals surface area contributed by atoms with Crippen molar-refractivity contribution in [3.8, 4) is 11.5 Å². The average Bonchev–Trinajstić information content (AvgIpc) is 2.83. The predicted molar refractivity (Wildman–Crippen MR) is 80.4 cm³/mol. The Kier molecular flexibility index (Phi) is 2.99. The number of fused-ring (bicyclic) bond motifs is 1. The molecule has 3 aromatic heterocycles. The summed E-state index contributed by atoms with van der Waals surface area (Å²) in [5.74, 6) is 1.15. The van der Waals surface area contributed by atoms with Crippen LogP contribution in [0.25, 0.3) is 17.1 Å². The summed E-state index contributed by atoms with van der Waals surface area (Å²) in [6.07, 6.45) is 1.86. The smallest absolute Gasteiger partial charge is 0.184 e. The molecule has 2 N–H and O–H groups in total. The van der Waals surface area contributed by atoms with Gasteiger partial charge in [-0.2, -0.15) is 0 Å². The molecule has 0 atom stereocenters. The molecule has 0 unspecified atom stereocenters. The first kappa shape index (κ1) is 12.3. The number of aromatic nitrogens is 2. The van der Waals surface area contributed by atoms with E-state index in [1.807, 2.05) is 28.8 Å². The summed E-state index contributed by atoms with van der Waals surface area (Å²) < 4.78 is 9.69. The zero-order valence-electron chi connectivity index (χ0n) is 8.82. The fourth-order valence-electron chi connectivity index (χ4n) is 1.70. The Morgan fingerprint density at radius 3 is 2.61 bits per heavy atom. The molecule has 0 amide bonds. The highest BCUT2D eigenvalue weighted by Crippen LogP contribution is 2.35. The molecule has 0 fully saturated rings. The van der Waals surface area contributed by atoms with Crippen molar-refractivity contribution in [2.24, 2.45) is 0 Å². The number of nitrogens with two attached hydrogens (primary N) is 1. The van der Waals surface area contributed by atoms with Gasteiger partial charge in [-0.15, -0.1) is 0 Å². The second kappa shape index (κ2) is 4.40. The van der Waals surface area contributed by atoms with Gasteiger partial charge in [-0.25, -0.2) is 4.98 Å². The largest absolute Gasteiger partial charge is 0.446 e. The molecule has 3 rings (SSSR count). The monoisotopic (exact) mass is 433 g/mol. The van der Waals surface area contributed by atoms with Gasteiger partial charge in [0.15, 0.2) is 16.1 Å². The molecule has 0 aliphatic rings. The Labute approximate surface area is 128 Å². The Bertz CT molecular complexity index is 728. The quantitative estimate of drug-likeness (QED) is 0.613. The van der Waals surface area contributed by atoms with E-state index in [1.54, 1.807) is 0 Å². The lowest BCUT2D eigenvalue weighted by Gasteiger charge is -1.96. The molecule has 0 saturated heterocycles. The molecule has 3 heterocycles. The van der Waals surface area contributed by atoms with E-state index >= 15 is 0 Å². The summed E-state index contributed by atoms with van der Waals surface area (Å²) >= 11 is 10.1. The van der Waals surface area contributed by atoms with E-state index in [1.165, 1.54) is 0 Å². The third kappa shape index (κ3) is 1.81. The Morgan fingerprint density at radius 2 is 2.00 bits per heavy atom. The van der Waals surface area contributed by atoms with E-state index in [-0.39, 0.29) is 0 Å². The lowest BCUT2D eigenvalue weighted by Crippen LogP contribution is -1.93. The third-order valence-electron chi connectivity index (χ3n) is 2.52. The van der Waals surface area contributed by atoms with E-state index in [2.05, 4.69) is 52.8 Å². The molecule has 18 heavy (non-hydrogen) atoms. The highest BCUT2D eigenvalue weighted by molar-refractivity contribution is 9.13. The van der Waals surface area contributed by atoms with Crippen molar-refractivity contribution in [1.82, 2.24) is 9.38 Å². The first-order chi connectivity index (χ1) is 8.58. The number of imidazole rings is 1. The van der Waals surface area contributed by atoms with Gasteiger partial charge in [-0.05, 0) is 59.9 Å². The summed E-state index contributed by atoms with van der Waals surface area (Å²) in [6, 6.07) is 5.64. The first-order valence-electron chi connectivity index (χ1n) is 4.95. The number of pyridine rings is 1. The molecule has 0 radical (unpaired) electrons. The van der Waals surface area contributed by atoms with Crippen molar-refractivity contribution in [1.29, 1.82) is 0 Å². The number of hydrogen-bond donors (Lipinski definition) is 1. The average molecular weight is 436 g/mol. The predicted octanol–water partition coefficient (Wildman–Crippen LogP) is 4.46. The molecule has 3 aromatic rings. The lowest BCUT2D eigenvalue weighted by atomic mass is 10.3. The van der Waals surface area contributed by atoms with Crippen molar-refractivity contribution >= 4 is 59.3 Å². The van der Waals surface area contributed by atoms with E-state index < -0.39 is 0 Å². The standard InChI is InChI=1S/C11H6Br3N3O/c12-5-2-1-3-17-10(15)8(16-11(5)17)7-4-6(13)9(14)18-7/h1-4H,15H2. The van der Waals surface area contributed by atoms with Crippen LogP contribution in [0.5, 0.6) is 0 Å². The van der Waals surface area contributed by atoms with Gasteiger partial charge >= 0.3 is 0 Å². The maximum atomic E-state index is 6.09. The van der Waals surface area contributed by atoms with Crippen LogP contribution in [0.3, 0.4) is 0 Å². The van der Waals surface area contributed by atoms with Crippen molar-refractivity contribution in [2.45, 2.75) is 0 Å². The number of nitrogen functional groups attached to an aromatic ring is 1. The molecule has 0 saturated carbocycles. The fraction of sp³-hybridized carbons (Fsp3) is 0. The molecular formula is C11H6Br3N3O. The molecule has 7 heteroatoms. The van der Waals surface area contributed by atoms with Crippen molar-refractivity contribution in [3.05, 3.63) is 38.0 Å². The lowest BCUT2D eigenvalue weighted by molar-refractivity contribution is 0.552. The summed E-state index contributed by atoms with van der Waals surface area (Å²) in [6.45, 7) is 0. The normalized spacial score (nSPS) is 11.3. The van der Waals surface area contributed by atoms with Gasteiger partial charge in [0.2, 0.25) is 0 Å². The first-order valence-corrected chi connectivity index (χ1v) is 7.33. The van der Waals surface area contributed by atoms with Crippen LogP contribution in [0.1, 0.15) is 0 Å². The Balaban J connectivity index is 2.30. The van der Waals surface area contributed by atoms with E-state index in [9.17, 15) is 0 Å². The van der Waals surface area contributed by atoms with Gasteiger partial charge in [0.1, 0.15) is 11.5 Å². The maximum absolute atomic E-state index is 6.09. The summed E-state index contributed by atoms with van der Waals surface area (Å²) in [4.78, 5) is 4.49. The highest BCUT2D eigenvalue weighted by atomic mass is 79.9. The number of nitrogens with zero attached hydrogens (tertiary/aromatic N) is 2. The van der Waals surface area contributed by atoms with Gasteiger partial charge < -0.3 is 10.2 Å². The molecule has 0 aliphatic heterocycles. The SMILES string of the molecule is Nc1c(-c2cc(Br)c(Br)o2)nc2c(Br)cccn12. The highest BCUT2D eigenvalue weighted by Gasteiger charge is 2.17. The van der Waals surface area contributed by atoms with Crippen molar-refractivity contribution in [3.63, 3.8) is 0 Å². The second-order valence-electron chi connectivity index (χ2n) is 3.63. The second-order valence-corrected chi connectivity index (χ2v) is 6.06. The van der Waals surface area contributed by atoms with Crippen LogP contribution >= 0.6 is 47.8 Å². The number of halogens is 3. The summed E-state index contributed by atoms with van der Waals surface area (Å²) in [7, 11) is 0. The minimum atomic E-state index is 0.542. The van der Waals surface area contributed by atoms with E-state index in [0.29, 0.717) is 21.9 Å². The van der Waals surface area contributed by atoms with E-state index in [0.717, 1.165) is 14.6 Å². The topological polar surface area (TPSA) is 56.5 Å². The van der Waals surface area contributed by atoms with Crippen LogP contribution in [-0.2, 0) is 0 Å². The molecule has 0 aliphatic carbocycles. The maximum Gasteiger partial charge on any atom is 0.184 e. The molecule has 0 bridgehead atoms. The molecule has 4 nitrogen and oxygen atoms in total. The van der Waals surface area contributed by atoms with Gasteiger partial charge in [0, 0.05) is 12.3 Å². The third-order valence-corrected chi connectivity index (χ3v) is 4.85. The van der Waals surface area contributed by atoms with Gasteiger partial charge in [-0.1, -0.05) is 0 Å². The summed E-state index contributed by atoms with van der Waals surface area (Å²) in [5.41, 5.74) is 7.47. The number of hydrogen-bond acceptors (Lipinski definition) is 3. The molecule has 0 aromatic carbocycles. The molecular weight excluding hydrogens is 430 g/mol. The van der Waals surface area contributed by atoms with Crippen LogP contribution < -0.4 is 5.73 Å². The number of anilines is 1. The minimum absolute atomic E-state index is 0.542. The van der Waals surface area contributed by atoms with Gasteiger partial charge in [-0.3, -0.25) is 4.40 Å². The van der Waals surface area contributed by atoms with Crippen molar-refractivity contribution < 1.29 is 4.42 Å². The van der Waals surface area contributed by atoms with Gasteiger partial charge in [0.25, 0.3) is 0 Å².